The molecule has 30 heavy (non-hydrogen) atoms. The van der Waals surface area contributed by atoms with Crippen molar-refractivity contribution < 1.29 is 24.5 Å². The van der Waals surface area contributed by atoms with Gasteiger partial charge >= 0.3 is 0 Å². The third-order valence-electron chi connectivity index (χ3n) is 6.00. The maximum absolute atomic E-state index is 13.1. The number of benzene rings is 2. The molecule has 0 spiro atoms. The van der Waals surface area contributed by atoms with Crippen LogP contribution >= 0.6 is 0 Å². The number of Topliss-reactive ketones (excluding diaryl/α,β-unsaturated/α-hetero) is 1. The number of rotatable bonds is 4. The number of carbonyl (C=O) groups is 2. The van der Waals surface area contributed by atoms with Crippen LogP contribution < -0.4 is 4.74 Å². The van der Waals surface area contributed by atoms with Gasteiger partial charge in [0, 0.05) is 6.04 Å². The molecule has 0 aromatic heterocycles. The molecule has 2 aromatic rings. The van der Waals surface area contributed by atoms with Gasteiger partial charge in [0.25, 0.3) is 11.7 Å². The molecule has 1 saturated carbocycles. The van der Waals surface area contributed by atoms with E-state index in [-0.39, 0.29) is 23.1 Å². The smallest absolute Gasteiger partial charge is 0.295 e. The molecule has 1 aliphatic heterocycles. The van der Waals surface area contributed by atoms with E-state index in [2.05, 4.69) is 0 Å². The molecule has 1 heterocycles. The summed E-state index contributed by atoms with van der Waals surface area (Å²) in [4.78, 5) is 27.8. The number of likely N-dealkylation sites (tertiary alicyclic amines) is 1. The van der Waals surface area contributed by atoms with Gasteiger partial charge in [-0.15, -0.1) is 0 Å². The third kappa shape index (κ3) is 3.43. The largest absolute Gasteiger partial charge is 0.508 e. The van der Waals surface area contributed by atoms with Crippen LogP contribution in [0.2, 0.25) is 0 Å². The van der Waals surface area contributed by atoms with E-state index in [0.717, 1.165) is 32.1 Å². The van der Waals surface area contributed by atoms with Crippen molar-refractivity contribution in [1.29, 1.82) is 0 Å². The van der Waals surface area contributed by atoms with Crippen LogP contribution in [0.4, 0.5) is 0 Å². The number of aromatic hydroxyl groups is 1. The van der Waals surface area contributed by atoms with E-state index in [1.54, 1.807) is 47.4 Å². The average molecular weight is 407 g/mol. The number of hydrogen-bond donors (Lipinski definition) is 2. The van der Waals surface area contributed by atoms with Crippen LogP contribution in [0.5, 0.6) is 11.5 Å². The lowest BCUT2D eigenvalue weighted by molar-refractivity contribution is -0.141. The Morgan fingerprint density at radius 2 is 1.77 bits per heavy atom. The highest BCUT2D eigenvalue weighted by Crippen LogP contribution is 2.44. The highest BCUT2D eigenvalue weighted by molar-refractivity contribution is 6.46. The molecular formula is C24H25NO5. The van der Waals surface area contributed by atoms with Gasteiger partial charge < -0.3 is 19.8 Å². The molecule has 6 nitrogen and oxygen atoms in total. The fraction of sp³-hybridized carbons (Fsp3) is 0.333. The van der Waals surface area contributed by atoms with E-state index in [1.807, 2.05) is 0 Å². The SMILES string of the molecule is COc1ccccc1/C(O)=C1/C(=O)C(=O)N(C2CCCCC2)C1c1cccc(O)c1. The van der Waals surface area contributed by atoms with Crippen LogP contribution in [0.3, 0.4) is 0 Å². The van der Waals surface area contributed by atoms with Gasteiger partial charge in [0.1, 0.15) is 17.3 Å². The van der Waals surface area contributed by atoms with Gasteiger partial charge in [-0.05, 0) is 42.7 Å². The molecule has 1 saturated heterocycles. The fourth-order valence-corrected chi connectivity index (χ4v) is 4.59. The van der Waals surface area contributed by atoms with E-state index in [4.69, 9.17) is 4.74 Å². The Morgan fingerprint density at radius 1 is 1.03 bits per heavy atom. The number of para-hydroxylation sites is 1. The minimum Gasteiger partial charge on any atom is -0.508 e. The van der Waals surface area contributed by atoms with Crippen molar-refractivity contribution in [2.24, 2.45) is 0 Å². The van der Waals surface area contributed by atoms with E-state index in [9.17, 15) is 19.8 Å². The molecule has 2 aromatic carbocycles. The van der Waals surface area contributed by atoms with Crippen molar-refractivity contribution in [1.82, 2.24) is 4.90 Å². The number of carbonyl (C=O) groups excluding carboxylic acids is 2. The van der Waals surface area contributed by atoms with Gasteiger partial charge in [-0.25, -0.2) is 0 Å². The number of aliphatic hydroxyl groups excluding tert-OH is 1. The highest BCUT2D eigenvalue weighted by Gasteiger charge is 2.49. The first kappa shape index (κ1) is 20.0. The van der Waals surface area contributed by atoms with E-state index < -0.39 is 17.7 Å². The standard InChI is InChI=1S/C24H25NO5/c1-30-19-13-6-5-12-18(19)22(27)20-21(15-8-7-11-17(26)14-15)25(24(29)23(20)28)16-9-3-2-4-10-16/h5-8,11-14,16,21,26-27H,2-4,9-10H2,1H3/b22-20-. The second-order valence-electron chi connectivity index (χ2n) is 7.79. The Morgan fingerprint density at radius 3 is 2.47 bits per heavy atom. The van der Waals surface area contributed by atoms with Crippen molar-refractivity contribution >= 4 is 17.4 Å². The molecular weight excluding hydrogens is 382 g/mol. The Kier molecular flexibility index (Phi) is 5.48. The summed E-state index contributed by atoms with van der Waals surface area (Å²) in [5, 5.41) is 21.2. The number of amides is 1. The minimum atomic E-state index is -0.759. The molecule has 1 unspecified atom stereocenters. The summed E-state index contributed by atoms with van der Waals surface area (Å²) in [7, 11) is 1.49. The van der Waals surface area contributed by atoms with Gasteiger partial charge in [-0.3, -0.25) is 9.59 Å². The topological polar surface area (TPSA) is 87.1 Å². The van der Waals surface area contributed by atoms with Crippen LogP contribution in [-0.4, -0.2) is 40.0 Å². The fourth-order valence-electron chi connectivity index (χ4n) is 4.59. The maximum Gasteiger partial charge on any atom is 0.295 e. The van der Waals surface area contributed by atoms with Crippen molar-refractivity contribution in [3.05, 3.63) is 65.2 Å². The molecule has 156 valence electrons. The normalized spacial score (nSPS) is 21.8. The van der Waals surface area contributed by atoms with Crippen molar-refractivity contribution in [3.63, 3.8) is 0 Å². The molecule has 0 bridgehead atoms. The molecule has 0 radical (unpaired) electrons. The summed E-state index contributed by atoms with van der Waals surface area (Å²) in [5.41, 5.74) is 0.976. The first-order chi connectivity index (χ1) is 14.5. The quantitative estimate of drug-likeness (QED) is 0.452. The summed E-state index contributed by atoms with van der Waals surface area (Å²) < 4.78 is 5.35. The summed E-state index contributed by atoms with van der Waals surface area (Å²) in [6.45, 7) is 0. The Labute approximate surface area is 175 Å². The zero-order valence-corrected chi connectivity index (χ0v) is 16.9. The second kappa shape index (κ2) is 8.22. The van der Waals surface area contributed by atoms with Gasteiger partial charge in [0.2, 0.25) is 0 Å². The van der Waals surface area contributed by atoms with Crippen LogP contribution in [0.25, 0.3) is 5.76 Å². The second-order valence-corrected chi connectivity index (χ2v) is 7.79. The molecule has 1 amide bonds. The molecule has 4 rings (SSSR count). The van der Waals surface area contributed by atoms with Crippen LogP contribution in [-0.2, 0) is 9.59 Å². The van der Waals surface area contributed by atoms with Crippen molar-refractivity contribution in [2.75, 3.05) is 7.11 Å². The number of phenols is 1. The highest BCUT2D eigenvalue weighted by atomic mass is 16.5. The predicted octanol–water partition coefficient (Wildman–Crippen LogP) is 4.16. The van der Waals surface area contributed by atoms with Crippen molar-refractivity contribution in [3.8, 4) is 11.5 Å². The van der Waals surface area contributed by atoms with E-state index in [1.165, 1.54) is 13.2 Å². The number of nitrogens with zero attached hydrogens (tertiary/aromatic N) is 1. The average Bonchev–Trinajstić information content (AvgIpc) is 3.04. The Hall–Kier alpha value is -3.28. The summed E-state index contributed by atoms with van der Waals surface area (Å²) in [6, 6.07) is 12.5. The molecule has 1 atom stereocenters. The lowest BCUT2D eigenvalue weighted by Crippen LogP contribution is -2.40. The van der Waals surface area contributed by atoms with E-state index >= 15 is 0 Å². The predicted molar refractivity (Wildman–Crippen MR) is 112 cm³/mol. The lowest BCUT2D eigenvalue weighted by Gasteiger charge is -2.35. The minimum absolute atomic E-state index is 0.0284. The number of aliphatic hydroxyl groups is 1. The Bertz CT molecular complexity index is 1010. The van der Waals surface area contributed by atoms with Gasteiger partial charge in [0.05, 0.1) is 24.3 Å². The first-order valence-corrected chi connectivity index (χ1v) is 10.3. The van der Waals surface area contributed by atoms with E-state index in [0.29, 0.717) is 16.9 Å². The zero-order chi connectivity index (χ0) is 21.3. The monoisotopic (exact) mass is 407 g/mol. The first-order valence-electron chi connectivity index (χ1n) is 10.3. The molecule has 2 aliphatic rings. The van der Waals surface area contributed by atoms with Crippen LogP contribution in [0.1, 0.15) is 49.3 Å². The molecule has 1 aliphatic carbocycles. The van der Waals surface area contributed by atoms with Gasteiger partial charge in [-0.2, -0.15) is 0 Å². The lowest BCUT2D eigenvalue weighted by atomic mass is 9.91. The number of phenolic OH excluding ortho intramolecular Hbond substituents is 1. The van der Waals surface area contributed by atoms with Gasteiger partial charge in [0.15, 0.2) is 0 Å². The number of hydrogen-bond acceptors (Lipinski definition) is 5. The maximum atomic E-state index is 13.1. The summed E-state index contributed by atoms with van der Waals surface area (Å²) >= 11 is 0. The molecule has 2 fully saturated rings. The Balaban J connectivity index is 1.91. The van der Waals surface area contributed by atoms with Crippen LogP contribution in [0, 0.1) is 0 Å². The van der Waals surface area contributed by atoms with Crippen LogP contribution in [0.15, 0.2) is 54.1 Å². The summed E-state index contributed by atoms with van der Waals surface area (Å²) in [6.07, 6.45) is 4.73. The number of ether oxygens (including phenoxy) is 1. The zero-order valence-electron chi connectivity index (χ0n) is 16.9. The molecule has 6 heteroatoms. The number of methoxy groups -OCH3 is 1. The summed E-state index contributed by atoms with van der Waals surface area (Å²) in [5.74, 6) is -1.13. The number of ketones is 1. The van der Waals surface area contributed by atoms with Crippen molar-refractivity contribution in [2.45, 2.75) is 44.2 Å². The molecule has 2 N–H and O–H groups in total. The third-order valence-corrected chi connectivity index (χ3v) is 6.00. The van der Waals surface area contributed by atoms with Gasteiger partial charge in [-0.1, -0.05) is 43.5 Å².